The molecule has 0 saturated carbocycles. The normalized spacial score (nSPS) is 11.9. The number of aldehydes is 1. The smallest absolute Gasteiger partial charge is 0.337 e. The van der Waals surface area contributed by atoms with Gasteiger partial charge in [-0.05, 0) is 18.9 Å². The number of hydrogen-bond donors (Lipinski definition) is 2. The number of aliphatic hydroxyl groups excluding tert-OH is 1. The van der Waals surface area contributed by atoms with Crippen LogP contribution in [0.15, 0.2) is 18.2 Å². The summed E-state index contributed by atoms with van der Waals surface area (Å²) in [4.78, 5) is 21.2. The van der Waals surface area contributed by atoms with Crippen molar-refractivity contribution in [1.82, 2.24) is 0 Å². The van der Waals surface area contributed by atoms with Crippen molar-refractivity contribution in [3.8, 4) is 5.75 Å². The average Bonchev–Trinajstić information content (AvgIpc) is 2.36. The number of para-hydroxylation sites is 1. The fourth-order valence-corrected chi connectivity index (χ4v) is 1.68. The van der Waals surface area contributed by atoms with Gasteiger partial charge in [-0.1, -0.05) is 18.2 Å². The van der Waals surface area contributed by atoms with Crippen molar-refractivity contribution >= 4 is 12.3 Å². The molecule has 18 heavy (non-hydrogen) atoms. The van der Waals surface area contributed by atoms with Crippen LogP contribution in [0, 0.1) is 0 Å². The Morgan fingerprint density at radius 3 is 2.78 bits per heavy atom. The van der Waals surface area contributed by atoms with Crippen molar-refractivity contribution in [2.45, 2.75) is 25.9 Å². The molecular weight excluding hydrogens is 236 g/mol. The van der Waals surface area contributed by atoms with Gasteiger partial charge in [-0.15, -0.1) is 0 Å². The number of aryl methyl sites for hydroxylation is 1. The number of benzene rings is 1. The summed E-state index contributed by atoms with van der Waals surface area (Å²) in [6, 6.07) is 4.91. The third-order valence-electron chi connectivity index (χ3n) is 2.48. The van der Waals surface area contributed by atoms with Gasteiger partial charge in [0.25, 0.3) is 0 Å². The Hall–Kier alpha value is -1.88. The predicted octanol–water partition coefficient (Wildman–Crippen LogP) is 1.33. The molecule has 98 valence electrons. The van der Waals surface area contributed by atoms with E-state index in [9.17, 15) is 14.7 Å². The van der Waals surface area contributed by atoms with Crippen LogP contribution in [0.25, 0.3) is 0 Å². The predicted molar refractivity (Wildman–Crippen MR) is 64.6 cm³/mol. The standard InChI is InChI=1S/C13H16O5/c1-2-18-12-9(6-4-8-14)5-3-7-10(12)11(15)13(16)17/h3,5,7-8,11,15H,2,4,6H2,1H3,(H,16,17). The molecule has 0 spiro atoms. The molecule has 1 rings (SSSR count). The van der Waals surface area contributed by atoms with Gasteiger partial charge in [-0.25, -0.2) is 4.79 Å². The van der Waals surface area contributed by atoms with E-state index >= 15 is 0 Å². The second kappa shape index (κ2) is 6.76. The van der Waals surface area contributed by atoms with Crippen molar-refractivity contribution in [2.75, 3.05) is 6.61 Å². The Morgan fingerprint density at radius 2 is 2.22 bits per heavy atom. The van der Waals surface area contributed by atoms with Crippen molar-refractivity contribution < 1.29 is 24.5 Å². The minimum atomic E-state index is -1.62. The van der Waals surface area contributed by atoms with Gasteiger partial charge in [0.05, 0.1) is 6.61 Å². The van der Waals surface area contributed by atoms with Gasteiger partial charge >= 0.3 is 5.97 Å². The number of carboxylic acid groups (broad SMARTS) is 1. The Bertz CT molecular complexity index is 427. The lowest BCUT2D eigenvalue weighted by molar-refractivity contribution is -0.147. The molecule has 0 bridgehead atoms. The van der Waals surface area contributed by atoms with Gasteiger partial charge in [0.1, 0.15) is 12.0 Å². The molecular formula is C13H16O5. The Labute approximate surface area is 105 Å². The van der Waals surface area contributed by atoms with Crippen LogP contribution >= 0.6 is 0 Å². The van der Waals surface area contributed by atoms with Crippen LogP contribution in [0.3, 0.4) is 0 Å². The first kappa shape index (κ1) is 14.2. The Kier molecular flexibility index (Phi) is 5.32. The zero-order valence-corrected chi connectivity index (χ0v) is 10.1. The summed E-state index contributed by atoms with van der Waals surface area (Å²) in [5.41, 5.74) is 0.939. The van der Waals surface area contributed by atoms with Crippen molar-refractivity contribution in [3.05, 3.63) is 29.3 Å². The molecule has 5 heteroatoms. The maximum absolute atomic E-state index is 10.8. The average molecular weight is 252 g/mol. The number of aliphatic carboxylic acids is 1. The van der Waals surface area contributed by atoms with Gasteiger partial charge < -0.3 is 19.7 Å². The molecule has 0 amide bonds. The number of ether oxygens (including phenoxy) is 1. The maximum atomic E-state index is 10.8. The number of aliphatic hydroxyl groups is 1. The third kappa shape index (κ3) is 3.30. The molecule has 0 radical (unpaired) electrons. The number of carbonyl (C=O) groups is 2. The van der Waals surface area contributed by atoms with E-state index in [0.717, 1.165) is 11.8 Å². The van der Waals surface area contributed by atoms with Gasteiger partial charge in [0.15, 0.2) is 6.10 Å². The highest BCUT2D eigenvalue weighted by Gasteiger charge is 2.22. The SMILES string of the molecule is CCOc1c(CCC=O)cccc1C(O)C(=O)O. The van der Waals surface area contributed by atoms with Crippen LogP contribution in [-0.4, -0.2) is 29.1 Å². The highest BCUT2D eigenvalue weighted by Crippen LogP contribution is 2.30. The molecule has 5 nitrogen and oxygen atoms in total. The summed E-state index contributed by atoms with van der Waals surface area (Å²) in [5.74, 6) is -0.972. The highest BCUT2D eigenvalue weighted by molar-refractivity contribution is 5.75. The largest absolute Gasteiger partial charge is 0.493 e. The Morgan fingerprint density at radius 1 is 1.50 bits per heavy atom. The van der Waals surface area contributed by atoms with E-state index < -0.39 is 12.1 Å². The minimum absolute atomic E-state index is 0.216. The number of carbonyl (C=O) groups excluding carboxylic acids is 1. The quantitative estimate of drug-likeness (QED) is 0.715. The molecule has 1 atom stereocenters. The molecule has 0 aliphatic heterocycles. The second-order valence-corrected chi connectivity index (χ2v) is 3.71. The molecule has 1 aromatic rings. The summed E-state index contributed by atoms with van der Waals surface area (Å²) >= 11 is 0. The van der Waals surface area contributed by atoms with Crippen LogP contribution in [0.4, 0.5) is 0 Å². The summed E-state index contributed by atoms with van der Waals surface area (Å²) in [6.45, 7) is 2.13. The number of hydrogen-bond acceptors (Lipinski definition) is 4. The Balaban J connectivity index is 3.15. The second-order valence-electron chi connectivity index (χ2n) is 3.71. The molecule has 0 aliphatic carbocycles. The lowest BCUT2D eigenvalue weighted by Crippen LogP contribution is -2.13. The lowest BCUT2D eigenvalue weighted by Gasteiger charge is -2.16. The number of rotatable bonds is 7. The first-order valence-electron chi connectivity index (χ1n) is 5.70. The zero-order valence-electron chi connectivity index (χ0n) is 10.1. The fourth-order valence-electron chi connectivity index (χ4n) is 1.68. The molecule has 2 N–H and O–H groups in total. The highest BCUT2D eigenvalue weighted by atomic mass is 16.5. The van der Waals surface area contributed by atoms with Crippen LogP contribution in [0.5, 0.6) is 5.75 Å². The van der Waals surface area contributed by atoms with E-state index in [-0.39, 0.29) is 5.56 Å². The molecule has 1 aromatic carbocycles. The lowest BCUT2D eigenvalue weighted by atomic mass is 10.0. The van der Waals surface area contributed by atoms with Crippen molar-refractivity contribution in [3.63, 3.8) is 0 Å². The molecule has 0 aliphatic rings. The van der Waals surface area contributed by atoms with Gasteiger partial charge in [0.2, 0.25) is 0 Å². The minimum Gasteiger partial charge on any atom is -0.493 e. The van der Waals surface area contributed by atoms with Crippen molar-refractivity contribution in [1.29, 1.82) is 0 Å². The fraction of sp³-hybridized carbons (Fsp3) is 0.385. The van der Waals surface area contributed by atoms with Crippen LogP contribution in [-0.2, 0) is 16.0 Å². The topological polar surface area (TPSA) is 83.8 Å². The van der Waals surface area contributed by atoms with Gasteiger partial charge in [0, 0.05) is 12.0 Å². The van der Waals surface area contributed by atoms with Gasteiger partial charge in [-0.2, -0.15) is 0 Å². The monoisotopic (exact) mass is 252 g/mol. The van der Waals surface area contributed by atoms with E-state index in [4.69, 9.17) is 9.84 Å². The zero-order chi connectivity index (χ0) is 13.5. The summed E-state index contributed by atoms with van der Waals surface area (Å²) in [7, 11) is 0. The van der Waals surface area contributed by atoms with Gasteiger partial charge in [-0.3, -0.25) is 0 Å². The van der Waals surface area contributed by atoms with E-state index in [1.54, 1.807) is 19.1 Å². The van der Waals surface area contributed by atoms with Crippen LogP contribution < -0.4 is 4.74 Å². The summed E-state index contributed by atoms with van der Waals surface area (Å²) < 4.78 is 5.40. The maximum Gasteiger partial charge on any atom is 0.337 e. The van der Waals surface area contributed by atoms with E-state index in [1.807, 2.05) is 0 Å². The van der Waals surface area contributed by atoms with E-state index in [2.05, 4.69) is 0 Å². The molecule has 0 fully saturated rings. The molecule has 0 aromatic heterocycles. The summed E-state index contributed by atoms with van der Waals surface area (Å²) in [6.07, 6.45) is -0.0513. The van der Waals surface area contributed by atoms with Crippen LogP contribution in [0.1, 0.15) is 30.6 Å². The van der Waals surface area contributed by atoms with E-state index in [0.29, 0.717) is 25.2 Å². The summed E-state index contributed by atoms with van der Waals surface area (Å²) in [5, 5.41) is 18.4. The molecule has 0 heterocycles. The number of carboxylic acids is 1. The van der Waals surface area contributed by atoms with E-state index in [1.165, 1.54) is 6.07 Å². The first-order valence-corrected chi connectivity index (χ1v) is 5.70. The molecule has 0 saturated heterocycles. The third-order valence-corrected chi connectivity index (χ3v) is 2.48. The molecule has 1 unspecified atom stereocenters. The first-order chi connectivity index (χ1) is 8.61. The van der Waals surface area contributed by atoms with Crippen LogP contribution in [0.2, 0.25) is 0 Å². The van der Waals surface area contributed by atoms with Crippen molar-refractivity contribution in [2.24, 2.45) is 0 Å².